The lowest BCUT2D eigenvalue weighted by Gasteiger charge is -2.42. The number of fused-ring (bicyclic) bond motifs is 6. The predicted octanol–water partition coefficient (Wildman–Crippen LogP) is 11.7. The zero-order chi connectivity index (χ0) is 50.7. The van der Waals surface area contributed by atoms with Gasteiger partial charge in [0.1, 0.15) is 11.6 Å². The molecule has 6 aromatic carbocycles. The molecular weight excluding hydrogens is 931 g/mol. The van der Waals surface area contributed by atoms with Crippen LogP contribution >= 0.6 is 0 Å². The second-order valence-electron chi connectivity index (χ2n) is 21.1. The summed E-state index contributed by atoms with van der Waals surface area (Å²) in [6.07, 6.45) is 8.82. The summed E-state index contributed by atoms with van der Waals surface area (Å²) in [7, 11) is 0. The van der Waals surface area contributed by atoms with Crippen molar-refractivity contribution in [3.8, 4) is 0 Å². The van der Waals surface area contributed by atoms with Crippen LogP contribution in [-0.4, -0.2) is 58.6 Å². The highest BCUT2D eigenvalue weighted by Crippen LogP contribution is 2.54. The van der Waals surface area contributed by atoms with Gasteiger partial charge < -0.3 is 31.1 Å². The standard InChI is InChI=1S/2C31H32FN3O2/c2*32-22-15-16-23-27(19-22)33-28(20-9-3-1-4-10-20)25-17-18-35(29(23)25)31(37)24-13-7-8-14-26(24)34-30(36)21-11-5-2-6-12-21/h2*1-6,9-12,15-16,19,24-26,28-29,33H,7-8,13-14,17-18H2,(H,34,36)/t24-,25+,26+,28-,29-;24-,25-,26+,28+,29+/m00/s1. The van der Waals surface area contributed by atoms with Crippen LogP contribution in [0.5, 0.6) is 0 Å². The molecule has 12 heteroatoms. The number of amides is 4. The van der Waals surface area contributed by atoms with Crippen LogP contribution in [0.1, 0.15) is 131 Å². The van der Waals surface area contributed by atoms with E-state index in [0.717, 1.165) is 97.8 Å². The first kappa shape index (κ1) is 48.9. The summed E-state index contributed by atoms with van der Waals surface area (Å²) in [4.78, 5) is 58.3. The van der Waals surface area contributed by atoms with Crippen molar-refractivity contribution in [3.63, 3.8) is 0 Å². The van der Waals surface area contributed by atoms with Crippen LogP contribution in [0.2, 0.25) is 0 Å². The van der Waals surface area contributed by atoms with E-state index in [0.29, 0.717) is 24.2 Å². The molecule has 4 fully saturated rings. The number of anilines is 2. The molecule has 2 saturated heterocycles. The molecule has 2 aliphatic carbocycles. The van der Waals surface area contributed by atoms with Gasteiger partial charge in [0.15, 0.2) is 0 Å². The number of halogens is 2. The Morgan fingerprint density at radius 1 is 0.446 bits per heavy atom. The van der Waals surface area contributed by atoms with E-state index < -0.39 is 0 Å². The Morgan fingerprint density at radius 2 is 0.811 bits per heavy atom. The van der Waals surface area contributed by atoms with E-state index in [1.807, 2.05) is 94.7 Å². The Labute approximate surface area is 432 Å². The fourth-order valence-electron chi connectivity index (χ4n) is 13.3. The third-order valence-corrected chi connectivity index (χ3v) is 16.8. The van der Waals surface area contributed by atoms with Crippen molar-refractivity contribution in [3.05, 3.63) is 203 Å². The highest BCUT2D eigenvalue weighted by atomic mass is 19.1. The van der Waals surface area contributed by atoms with E-state index in [-0.39, 0.29) is 95.2 Å². The van der Waals surface area contributed by atoms with Gasteiger partial charge in [0.05, 0.1) is 36.0 Å². The maximum atomic E-state index is 14.3. The van der Waals surface area contributed by atoms with Gasteiger partial charge in [-0.05, 0) is 109 Å². The number of hydrogen-bond acceptors (Lipinski definition) is 6. The Hall–Kier alpha value is -7.34. The van der Waals surface area contributed by atoms with Crippen LogP contribution in [0.4, 0.5) is 20.2 Å². The topological polar surface area (TPSA) is 123 Å². The maximum absolute atomic E-state index is 14.3. The molecule has 6 aromatic rings. The molecule has 10 nitrogen and oxygen atoms in total. The molecule has 74 heavy (non-hydrogen) atoms. The molecule has 0 radical (unpaired) electrons. The first-order valence-electron chi connectivity index (χ1n) is 26.7. The monoisotopic (exact) mass is 994 g/mol. The number of hydrogen-bond donors (Lipinski definition) is 4. The molecule has 4 N–H and O–H groups in total. The summed E-state index contributed by atoms with van der Waals surface area (Å²) in [5, 5.41) is 13.5. The summed E-state index contributed by atoms with van der Waals surface area (Å²) in [6.45, 7) is 1.32. The fourth-order valence-corrected chi connectivity index (χ4v) is 13.3. The minimum Gasteiger partial charge on any atom is -0.377 e. The van der Waals surface area contributed by atoms with Crippen LogP contribution < -0.4 is 21.3 Å². The number of nitrogens with one attached hydrogen (secondary N) is 4. The smallest absolute Gasteiger partial charge is 0.251 e. The van der Waals surface area contributed by atoms with Crippen molar-refractivity contribution in [1.29, 1.82) is 0 Å². The SMILES string of the molecule is O=C(N[C@@H]1CCCC[C@@H]1C(=O)N1CC[C@@H]2[C@H](c3ccccc3)Nc3cc(F)ccc3[C@@H]21)c1ccccc1.O=C(N[C@@H]1CCCC[C@@H]1C(=O)N1CC[C@H]2[C@@H](c3ccccc3)Nc3cc(F)ccc3[C@H]21)c1ccccc1. The molecule has 0 unspecified atom stereocenters. The molecular formula is C62H64F2N6O4. The van der Waals surface area contributed by atoms with Crippen LogP contribution in [0.3, 0.4) is 0 Å². The Bertz CT molecular complexity index is 2760. The van der Waals surface area contributed by atoms with E-state index in [4.69, 9.17) is 0 Å². The van der Waals surface area contributed by atoms with Gasteiger partial charge in [-0.15, -0.1) is 0 Å². The fraction of sp³-hybridized carbons (Fsp3) is 0.355. The molecule has 4 amide bonds. The van der Waals surface area contributed by atoms with Crippen LogP contribution in [-0.2, 0) is 9.59 Å². The number of likely N-dealkylation sites (tertiary alicyclic amines) is 2. The van der Waals surface area contributed by atoms with Crippen molar-refractivity contribution in [2.24, 2.45) is 23.7 Å². The van der Waals surface area contributed by atoms with Gasteiger partial charge in [-0.25, -0.2) is 8.78 Å². The van der Waals surface area contributed by atoms with E-state index in [9.17, 15) is 28.0 Å². The van der Waals surface area contributed by atoms with E-state index in [1.165, 1.54) is 12.1 Å². The lowest BCUT2D eigenvalue weighted by atomic mass is 9.79. The third kappa shape index (κ3) is 9.90. The molecule has 0 bridgehead atoms. The molecule has 0 aromatic heterocycles. The molecule has 4 aliphatic heterocycles. The highest BCUT2D eigenvalue weighted by molar-refractivity contribution is 5.95. The van der Waals surface area contributed by atoms with Crippen LogP contribution in [0, 0.1) is 35.3 Å². The average molecular weight is 995 g/mol. The van der Waals surface area contributed by atoms with Gasteiger partial charge in [-0.2, -0.15) is 0 Å². The Balaban J connectivity index is 0.000000159. The van der Waals surface area contributed by atoms with Gasteiger partial charge in [0, 0.05) is 59.5 Å². The zero-order valence-corrected chi connectivity index (χ0v) is 41.6. The van der Waals surface area contributed by atoms with Crippen molar-refractivity contribution in [2.45, 2.75) is 100 Å². The normalized spacial score (nSPS) is 26.5. The molecule has 380 valence electrons. The summed E-state index contributed by atoms with van der Waals surface area (Å²) in [5.41, 5.74) is 6.98. The van der Waals surface area contributed by atoms with E-state index >= 15 is 0 Å². The summed E-state index contributed by atoms with van der Waals surface area (Å²) in [5.74, 6) is -0.762. The van der Waals surface area contributed by atoms with Crippen molar-refractivity contribution < 1.29 is 28.0 Å². The average Bonchev–Trinajstić information content (AvgIpc) is 4.10. The van der Waals surface area contributed by atoms with Crippen LogP contribution in [0.15, 0.2) is 158 Å². The minimum absolute atomic E-state index is 0.00163. The van der Waals surface area contributed by atoms with Gasteiger partial charge >= 0.3 is 0 Å². The van der Waals surface area contributed by atoms with E-state index in [2.05, 4.69) is 45.5 Å². The first-order chi connectivity index (χ1) is 36.2. The van der Waals surface area contributed by atoms with Crippen molar-refractivity contribution >= 4 is 35.0 Å². The second-order valence-corrected chi connectivity index (χ2v) is 21.1. The van der Waals surface area contributed by atoms with Crippen molar-refractivity contribution in [1.82, 2.24) is 20.4 Å². The molecule has 2 saturated carbocycles. The highest BCUT2D eigenvalue weighted by Gasteiger charge is 2.50. The Kier molecular flexibility index (Phi) is 14.3. The van der Waals surface area contributed by atoms with Gasteiger partial charge in [-0.3, -0.25) is 19.2 Å². The van der Waals surface area contributed by atoms with E-state index in [1.54, 1.807) is 36.4 Å². The number of nitrogens with zero attached hydrogens (tertiary/aromatic N) is 2. The van der Waals surface area contributed by atoms with Gasteiger partial charge in [0.2, 0.25) is 11.8 Å². The third-order valence-electron chi connectivity index (χ3n) is 16.8. The second kappa shape index (κ2) is 21.6. The number of carbonyl (C=O) groups excluding carboxylic acids is 4. The predicted molar refractivity (Wildman–Crippen MR) is 283 cm³/mol. The van der Waals surface area contributed by atoms with Gasteiger partial charge in [-0.1, -0.05) is 135 Å². The van der Waals surface area contributed by atoms with Gasteiger partial charge in [0.25, 0.3) is 11.8 Å². The zero-order valence-electron chi connectivity index (χ0n) is 41.6. The molecule has 6 aliphatic rings. The minimum atomic E-state index is -0.289. The molecule has 4 heterocycles. The quantitative estimate of drug-likeness (QED) is 0.120. The lowest BCUT2D eigenvalue weighted by Crippen LogP contribution is -2.50. The van der Waals surface area contributed by atoms with Crippen LogP contribution in [0.25, 0.3) is 0 Å². The Morgan fingerprint density at radius 3 is 1.20 bits per heavy atom. The summed E-state index contributed by atoms with van der Waals surface area (Å²) >= 11 is 0. The lowest BCUT2D eigenvalue weighted by molar-refractivity contribution is -0.139. The molecule has 0 spiro atoms. The number of carbonyl (C=O) groups is 4. The summed E-state index contributed by atoms with van der Waals surface area (Å²) < 4.78 is 28.5. The molecule has 10 atom stereocenters. The maximum Gasteiger partial charge on any atom is 0.251 e. The largest absolute Gasteiger partial charge is 0.377 e. The summed E-state index contributed by atoms with van der Waals surface area (Å²) in [6, 6.07) is 48.0. The molecule has 12 rings (SSSR count). The first-order valence-corrected chi connectivity index (χ1v) is 26.7. The van der Waals surface area contributed by atoms with Crippen molar-refractivity contribution in [2.75, 3.05) is 23.7 Å². The number of rotatable bonds is 8. The number of benzene rings is 6.